The number of benzene rings is 2. The maximum atomic E-state index is 9.93. The summed E-state index contributed by atoms with van der Waals surface area (Å²) in [4.78, 5) is 0. The normalized spacial score (nSPS) is 11.8. The molecule has 24 heavy (non-hydrogen) atoms. The van der Waals surface area contributed by atoms with E-state index in [0.717, 1.165) is 24.3 Å². The van der Waals surface area contributed by atoms with Gasteiger partial charge in [0.25, 0.3) is 0 Å². The van der Waals surface area contributed by atoms with E-state index < -0.39 is 6.10 Å². The number of para-hydroxylation sites is 2. The molecule has 0 bridgehead atoms. The first-order valence-electron chi connectivity index (χ1n) is 8.04. The van der Waals surface area contributed by atoms with E-state index in [9.17, 15) is 10.2 Å². The Morgan fingerprint density at radius 3 is 2.33 bits per heavy atom. The molecule has 0 aliphatic rings. The van der Waals surface area contributed by atoms with Gasteiger partial charge in [0.15, 0.2) is 11.5 Å². The average molecular weight is 332 g/mol. The van der Waals surface area contributed by atoms with Gasteiger partial charge in [0, 0.05) is 0 Å². The third-order valence-corrected chi connectivity index (χ3v) is 3.54. The van der Waals surface area contributed by atoms with Crippen molar-refractivity contribution in [2.45, 2.75) is 25.4 Å². The summed E-state index contributed by atoms with van der Waals surface area (Å²) in [6, 6.07) is 14.0. The van der Waals surface area contributed by atoms with Crippen molar-refractivity contribution in [3.8, 4) is 23.0 Å². The maximum Gasteiger partial charge on any atom is 0.161 e. The van der Waals surface area contributed by atoms with E-state index in [1.807, 2.05) is 24.3 Å². The molecule has 2 rings (SSSR count). The molecule has 0 aliphatic carbocycles. The van der Waals surface area contributed by atoms with Crippen molar-refractivity contribution < 1.29 is 24.4 Å². The topological polar surface area (TPSA) is 68.2 Å². The number of aromatic hydroxyl groups is 1. The fourth-order valence-corrected chi connectivity index (χ4v) is 2.22. The second-order valence-electron chi connectivity index (χ2n) is 5.45. The van der Waals surface area contributed by atoms with E-state index in [-0.39, 0.29) is 12.4 Å². The van der Waals surface area contributed by atoms with Gasteiger partial charge in [-0.1, -0.05) is 12.1 Å². The van der Waals surface area contributed by atoms with Crippen LogP contribution < -0.4 is 14.2 Å². The number of hydrogen-bond donors (Lipinski definition) is 2. The Kier molecular flexibility index (Phi) is 7.23. The van der Waals surface area contributed by atoms with Crippen LogP contribution in [0.15, 0.2) is 48.5 Å². The molecule has 0 fully saturated rings. The summed E-state index contributed by atoms with van der Waals surface area (Å²) in [6.07, 6.45) is 1.81. The van der Waals surface area contributed by atoms with Gasteiger partial charge in [0.1, 0.15) is 18.1 Å². The summed E-state index contributed by atoms with van der Waals surface area (Å²) in [5.74, 6) is 2.28. The molecule has 0 saturated carbocycles. The Morgan fingerprint density at radius 2 is 1.62 bits per heavy atom. The molecule has 0 heterocycles. The molecule has 130 valence electrons. The second-order valence-corrected chi connectivity index (χ2v) is 5.45. The zero-order valence-corrected chi connectivity index (χ0v) is 13.9. The lowest BCUT2D eigenvalue weighted by Gasteiger charge is -2.13. The van der Waals surface area contributed by atoms with Gasteiger partial charge in [-0.25, -0.2) is 0 Å². The SMILES string of the molecule is COc1ccccc1OCCCC[C@H](O)COc1ccc(O)cc1. The maximum absolute atomic E-state index is 9.93. The lowest BCUT2D eigenvalue weighted by atomic mass is 10.1. The zero-order chi connectivity index (χ0) is 17.2. The van der Waals surface area contributed by atoms with Gasteiger partial charge >= 0.3 is 0 Å². The largest absolute Gasteiger partial charge is 0.508 e. The molecule has 2 aromatic carbocycles. The van der Waals surface area contributed by atoms with Crippen LogP contribution in [0, 0.1) is 0 Å². The number of unbranched alkanes of at least 4 members (excludes halogenated alkanes) is 1. The van der Waals surface area contributed by atoms with Crippen LogP contribution in [-0.2, 0) is 0 Å². The van der Waals surface area contributed by atoms with Gasteiger partial charge in [-0.15, -0.1) is 0 Å². The molecule has 5 heteroatoms. The Balaban J connectivity index is 1.59. The summed E-state index contributed by atoms with van der Waals surface area (Å²) in [5, 5.41) is 19.1. The van der Waals surface area contributed by atoms with Crippen LogP contribution in [0.25, 0.3) is 0 Å². The molecule has 2 aromatic rings. The standard InChI is InChI=1S/C19H24O5/c1-22-18-7-2-3-8-19(18)23-13-5-4-6-16(21)14-24-17-11-9-15(20)10-12-17/h2-3,7-12,16,20-21H,4-6,13-14H2,1H3/t16-/m0/s1. The third kappa shape index (κ3) is 6.01. The summed E-state index contributed by atoms with van der Waals surface area (Å²) in [6.45, 7) is 0.810. The van der Waals surface area contributed by atoms with E-state index in [0.29, 0.717) is 18.8 Å². The Morgan fingerprint density at radius 1 is 0.917 bits per heavy atom. The van der Waals surface area contributed by atoms with E-state index in [1.54, 1.807) is 31.4 Å². The van der Waals surface area contributed by atoms with Crippen molar-refractivity contribution in [1.29, 1.82) is 0 Å². The molecule has 5 nitrogen and oxygen atoms in total. The summed E-state index contributed by atoms with van der Waals surface area (Å²) < 4.78 is 16.4. The minimum absolute atomic E-state index is 0.193. The highest BCUT2D eigenvalue weighted by Crippen LogP contribution is 2.25. The van der Waals surface area contributed by atoms with Gasteiger partial charge in [-0.2, -0.15) is 0 Å². The number of aliphatic hydroxyl groups excluding tert-OH is 1. The highest BCUT2D eigenvalue weighted by atomic mass is 16.5. The average Bonchev–Trinajstić information content (AvgIpc) is 2.61. The van der Waals surface area contributed by atoms with E-state index in [4.69, 9.17) is 14.2 Å². The van der Waals surface area contributed by atoms with Crippen LogP contribution in [0.1, 0.15) is 19.3 Å². The highest BCUT2D eigenvalue weighted by Gasteiger charge is 2.06. The molecule has 0 radical (unpaired) electrons. The number of ether oxygens (including phenoxy) is 3. The summed E-state index contributed by atoms with van der Waals surface area (Å²) in [5.41, 5.74) is 0. The second kappa shape index (κ2) is 9.67. The predicted molar refractivity (Wildman–Crippen MR) is 91.9 cm³/mol. The molecular formula is C19H24O5. The van der Waals surface area contributed by atoms with Crippen molar-refractivity contribution in [2.75, 3.05) is 20.3 Å². The predicted octanol–water partition coefficient (Wildman–Crippen LogP) is 3.39. The number of phenols is 1. The van der Waals surface area contributed by atoms with Crippen LogP contribution in [-0.4, -0.2) is 36.6 Å². The quantitative estimate of drug-likeness (QED) is 0.653. The van der Waals surface area contributed by atoms with Crippen molar-refractivity contribution >= 4 is 0 Å². The Hall–Kier alpha value is -2.40. The van der Waals surface area contributed by atoms with Crippen LogP contribution >= 0.6 is 0 Å². The molecule has 2 N–H and O–H groups in total. The van der Waals surface area contributed by atoms with Gasteiger partial charge < -0.3 is 24.4 Å². The van der Waals surface area contributed by atoms with Crippen molar-refractivity contribution in [3.63, 3.8) is 0 Å². The lowest BCUT2D eigenvalue weighted by Crippen LogP contribution is -2.17. The molecular weight excluding hydrogens is 308 g/mol. The Labute approximate surface area is 142 Å². The first-order valence-corrected chi connectivity index (χ1v) is 8.04. The zero-order valence-electron chi connectivity index (χ0n) is 13.9. The van der Waals surface area contributed by atoms with E-state index >= 15 is 0 Å². The van der Waals surface area contributed by atoms with Crippen LogP contribution in [0.4, 0.5) is 0 Å². The number of aliphatic hydroxyl groups is 1. The molecule has 0 aliphatic heterocycles. The van der Waals surface area contributed by atoms with E-state index in [1.165, 1.54) is 0 Å². The van der Waals surface area contributed by atoms with Crippen molar-refractivity contribution in [3.05, 3.63) is 48.5 Å². The number of rotatable bonds is 10. The van der Waals surface area contributed by atoms with Crippen LogP contribution in [0.2, 0.25) is 0 Å². The Bertz CT molecular complexity index is 597. The van der Waals surface area contributed by atoms with Crippen molar-refractivity contribution in [2.24, 2.45) is 0 Å². The van der Waals surface area contributed by atoms with Gasteiger partial charge in [0.05, 0.1) is 19.8 Å². The molecule has 0 amide bonds. The fourth-order valence-electron chi connectivity index (χ4n) is 2.22. The molecule has 0 saturated heterocycles. The molecule has 0 aromatic heterocycles. The summed E-state index contributed by atoms with van der Waals surface area (Å²) >= 11 is 0. The third-order valence-electron chi connectivity index (χ3n) is 3.54. The highest BCUT2D eigenvalue weighted by molar-refractivity contribution is 5.39. The molecule has 1 atom stereocenters. The van der Waals surface area contributed by atoms with Gasteiger partial charge in [-0.3, -0.25) is 0 Å². The monoisotopic (exact) mass is 332 g/mol. The van der Waals surface area contributed by atoms with Gasteiger partial charge in [0.2, 0.25) is 0 Å². The number of phenolic OH excluding ortho intramolecular Hbond substituents is 1. The minimum Gasteiger partial charge on any atom is -0.508 e. The fraction of sp³-hybridized carbons (Fsp3) is 0.368. The molecule has 0 spiro atoms. The van der Waals surface area contributed by atoms with Crippen LogP contribution in [0.3, 0.4) is 0 Å². The van der Waals surface area contributed by atoms with E-state index in [2.05, 4.69) is 0 Å². The van der Waals surface area contributed by atoms with Crippen LogP contribution in [0.5, 0.6) is 23.0 Å². The summed E-state index contributed by atoms with van der Waals surface area (Å²) in [7, 11) is 1.62. The lowest BCUT2D eigenvalue weighted by molar-refractivity contribution is 0.0963. The molecule has 0 unspecified atom stereocenters. The first-order chi connectivity index (χ1) is 11.7. The number of hydrogen-bond acceptors (Lipinski definition) is 5. The van der Waals surface area contributed by atoms with Crippen molar-refractivity contribution in [1.82, 2.24) is 0 Å². The first kappa shape index (κ1) is 17.9. The van der Waals surface area contributed by atoms with Gasteiger partial charge in [-0.05, 0) is 55.7 Å². The smallest absolute Gasteiger partial charge is 0.161 e. The number of methoxy groups -OCH3 is 1. The minimum atomic E-state index is -0.523.